The third-order valence-corrected chi connectivity index (χ3v) is 4.55. The number of benzene rings is 2. The molecule has 1 heterocycles. The lowest BCUT2D eigenvalue weighted by Gasteiger charge is -2.17. The van der Waals surface area contributed by atoms with Crippen LogP contribution in [0.5, 0.6) is 5.75 Å². The molecule has 5 nitrogen and oxygen atoms in total. The largest absolute Gasteiger partial charge is 0.508 e. The molecule has 0 atom stereocenters. The number of nitrogens with zero attached hydrogens (tertiary/aromatic N) is 2. The van der Waals surface area contributed by atoms with Gasteiger partial charge in [0.25, 0.3) is 5.91 Å². The minimum atomic E-state index is -0.0444. The van der Waals surface area contributed by atoms with Crippen LogP contribution in [0.3, 0.4) is 0 Å². The highest BCUT2D eigenvalue weighted by atomic mass is 16.3. The fourth-order valence-electron chi connectivity index (χ4n) is 3.21. The Balaban J connectivity index is 2.18. The number of amides is 1. The molecular formula is C22H23N3O2. The van der Waals surface area contributed by atoms with Crippen LogP contribution < -0.4 is 5.73 Å². The lowest BCUT2D eigenvalue weighted by Crippen LogP contribution is -2.21. The highest BCUT2D eigenvalue weighted by Gasteiger charge is 2.16. The second kappa shape index (κ2) is 7.50. The van der Waals surface area contributed by atoms with Crippen LogP contribution in [0.1, 0.15) is 22.8 Å². The molecule has 1 aromatic heterocycles. The smallest absolute Gasteiger partial charge is 0.253 e. The third-order valence-electron chi connectivity index (χ3n) is 4.55. The molecule has 0 bridgehead atoms. The number of rotatable bonds is 4. The average Bonchev–Trinajstić information content (AvgIpc) is 2.68. The van der Waals surface area contributed by atoms with Gasteiger partial charge in [0.2, 0.25) is 0 Å². The number of aromatic hydroxyl groups is 1. The van der Waals surface area contributed by atoms with Gasteiger partial charge in [-0.1, -0.05) is 31.2 Å². The normalized spacial score (nSPS) is 10.6. The molecule has 2 aromatic carbocycles. The van der Waals surface area contributed by atoms with E-state index in [2.05, 4.69) is 11.9 Å². The molecule has 0 aliphatic heterocycles. The van der Waals surface area contributed by atoms with Gasteiger partial charge in [-0.3, -0.25) is 4.79 Å². The van der Waals surface area contributed by atoms with Crippen LogP contribution in [0.2, 0.25) is 0 Å². The van der Waals surface area contributed by atoms with E-state index < -0.39 is 0 Å². The zero-order valence-corrected chi connectivity index (χ0v) is 15.7. The summed E-state index contributed by atoms with van der Waals surface area (Å²) in [5.41, 5.74) is 11.5. The van der Waals surface area contributed by atoms with E-state index in [1.54, 1.807) is 37.3 Å². The van der Waals surface area contributed by atoms with Crippen molar-refractivity contribution < 1.29 is 9.90 Å². The van der Waals surface area contributed by atoms with Crippen molar-refractivity contribution in [2.75, 3.05) is 19.8 Å². The Morgan fingerprint density at radius 3 is 2.44 bits per heavy atom. The SMILES string of the molecule is CCc1c(-c2cccc(C(=O)N(C)C)c2)cnc(N)c1-c1ccc(O)cc1. The molecule has 0 spiro atoms. The number of phenolic OH excluding ortho intramolecular Hbond substituents is 1. The maximum atomic E-state index is 12.3. The van der Waals surface area contributed by atoms with E-state index in [9.17, 15) is 9.90 Å². The fraction of sp³-hybridized carbons (Fsp3) is 0.182. The number of anilines is 1. The first-order chi connectivity index (χ1) is 12.9. The number of aromatic nitrogens is 1. The van der Waals surface area contributed by atoms with Gasteiger partial charge >= 0.3 is 0 Å². The third kappa shape index (κ3) is 3.62. The molecule has 138 valence electrons. The molecule has 3 N–H and O–H groups in total. The maximum absolute atomic E-state index is 12.3. The van der Waals surface area contributed by atoms with Gasteiger partial charge in [-0.25, -0.2) is 4.98 Å². The number of nitrogens with two attached hydrogens (primary N) is 1. The van der Waals surface area contributed by atoms with Gasteiger partial charge in [-0.2, -0.15) is 0 Å². The van der Waals surface area contributed by atoms with Crippen LogP contribution in [0.15, 0.2) is 54.7 Å². The molecule has 27 heavy (non-hydrogen) atoms. The summed E-state index contributed by atoms with van der Waals surface area (Å²) in [5, 5.41) is 9.58. The second-order valence-corrected chi connectivity index (χ2v) is 6.59. The average molecular weight is 361 g/mol. The summed E-state index contributed by atoms with van der Waals surface area (Å²) in [6, 6.07) is 14.5. The molecule has 0 saturated carbocycles. The number of pyridine rings is 1. The summed E-state index contributed by atoms with van der Waals surface area (Å²) < 4.78 is 0. The van der Waals surface area contributed by atoms with Gasteiger partial charge in [0.05, 0.1) is 0 Å². The monoisotopic (exact) mass is 361 g/mol. The number of nitrogen functional groups attached to an aromatic ring is 1. The summed E-state index contributed by atoms with van der Waals surface area (Å²) in [6.45, 7) is 2.07. The minimum absolute atomic E-state index is 0.0444. The lowest BCUT2D eigenvalue weighted by atomic mass is 9.91. The predicted molar refractivity (Wildman–Crippen MR) is 109 cm³/mol. The van der Waals surface area contributed by atoms with Gasteiger partial charge in [0.15, 0.2) is 0 Å². The fourth-order valence-corrected chi connectivity index (χ4v) is 3.21. The maximum Gasteiger partial charge on any atom is 0.253 e. The Morgan fingerprint density at radius 1 is 1.11 bits per heavy atom. The molecular weight excluding hydrogens is 338 g/mol. The molecule has 0 aliphatic rings. The van der Waals surface area contributed by atoms with E-state index in [-0.39, 0.29) is 11.7 Å². The van der Waals surface area contributed by atoms with E-state index in [0.29, 0.717) is 11.4 Å². The van der Waals surface area contributed by atoms with Crippen LogP contribution in [0.25, 0.3) is 22.3 Å². The standard InChI is InChI=1S/C22H23N3O2/c1-4-18-19(15-6-5-7-16(12-15)22(27)25(2)3)13-24-21(23)20(18)14-8-10-17(26)11-9-14/h5-13,26H,4H2,1-3H3,(H2,23,24). The first-order valence-electron chi connectivity index (χ1n) is 8.81. The van der Waals surface area contributed by atoms with Gasteiger partial charge < -0.3 is 15.7 Å². The van der Waals surface area contributed by atoms with Crippen molar-refractivity contribution in [1.29, 1.82) is 0 Å². The highest BCUT2D eigenvalue weighted by molar-refractivity contribution is 5.95. The number of hydrogen-bond acceptors (Lipinski definition) is 4. The van der Waals surface area contributed by atoms with Gasteiger partial charge in [-0.15, -0.1) is 0 Å². The first kappa shape index (κ1) is 18.5. The number of carbonyl (C=O) groups excluding carboxylic acids is 1. The lowest BCUT2D eigenvalue weighted by molar-refractivity contribution is 0.0827. The van der Waals surface area contributed by atoms with Crippen molar-refractivity contribution in [2.45, 2.75) is 13.3 Å². The summed E-state index contributed by atoms with van der Waals surface area (Å²) in [6.07, 6.45) is 2.52. The number of carbonyl (C=O) groups is 1. The van der Waals surface area contributed by atoms with Gasteiger partial charge in [0, 0.05) is 37.0 Å². The summed E-state index contributed by atoms with van der Waals surface area (Å²) >= 11 is 0. The van der Waals surface area contributed by atoms with Gasteiger partial charge in [0.1, 0.15) is 11.6 Å². The highest BCUT2D eigenvalue weighted by Crippen LogP contribution is 2.36. The topological polar surface area (TPSA) is 79.5 Å². The van der Waals surface area contributed by atoms with Crippen molar-refractivity contribution in [3.63, 3.8) is 0 Å². The second-order valence-electron chi connectivity index (χ2n) is 6.59. The van der Waals surface area contributed by atoms with E-state index in [4.69, 9.17) is 5.73 Å². The molecule has 5 heteroatoms. The minimum Gasteiger partial charge on any atom is -0.508 e. The first-order valence-corrected chi connectivity index (χ1v) is 8.81. The van der Waals surface area contributed by atoms with E-state index in [1.807, 2.05) is 36.4 Å². The molecule has 0 fully saturated rings. The van der Waals surface area contributed by atoms with Crippen LogP contribution in [0, 0.1) is 0 Å². The predicted octanol–water partition coefficient (Wildman–Crippen LogP) is 3.97. The molecule has 0 unspecified atom stereocenters. The van der Waals surface area contributed by atoms with Crippen molar-refractivity contribution in [3.05, 3.63) is 65.9 Å². The van der Waals surface area contributed by atoms with E-state index in [0.717, 1.165) is 34.2 Å². The Bertz CT molecular complexity index is 979. The van der Waals surface area contributed by atoms with Gasteiger partial charge in [-0.05, 0) is 47.4 Å². The van der Waals surface area contributed by atoms with Crippen LogP contribution in [-0.2, 0) is 6.42 Å². The molecule has 0 aliphatic carbocycles. The Labute approximate surface area is 159 Å². The quantitative estimate of drug-likeness (QED) is 0.737. The summed E-state index contributed by atoms with van der Waals surface area (Å²) in [4.78, 5) is 18.3. The van der Waals surface area contributed by atoms with Crippen LogP contribution in [-0.4, -0.2) is 35.0 Å². The molecule has 0 radical (unpaired) electrons. The number of hydrogen-bond donors (Lipinski definition) is 2. The molecule has 3 aromatic rings. The summed E-state index contributed by atoms with van der Waals surface area (Å²) in [5.74, 6) is 0.605. The molecule has 3 rings (SSSR count). The van der Waals surface area contributed by atoms with Crippen molar-refractivity contribution in [1.82, 2.24) is 9.88 Å². The Kier molecular flexibility index (Phi) is 5.12. The van der Waals surface area contributed by atoms with E-state index >= 15 is 0 Å². The van der Waals surface area contributed by atoms with Crippen LogP contribution >= 0.6 is 0 Å². The van der Waals surface area contributed by atoms with Crippen molar-refractivity contribution in [2.24, 2.45) is 0 Å². The van der Waals surface area contributed by atoms with Crippen LogP contribution in [0.4, 0.5) is 5.82 Å². The van der Waals surface area contributed by atoms with E-state index in [1.165, 1.54) is 0 Å². The summed E-state index contributed by atoms with van der Waals surface area (Å²) in [7, 11) is 3.47. The van der Waals surface area contributed by atoms with Crippen molar-refractivity contribution >= 4 is 11.7 Å². The Hall–Kier alpha value is -3.34. The van der Waals surface area contributed by atoms with Crippen molar-refractivity contribution in [3.8, 4) is 28.0 Å². The molecule has 1 amide bonds. The molecule has 0 saturated heterocycles. The Morgan fingerprint density at radius 2 is 1.81 bits per heavy atom. The zero-order chi connectivity index (χ0) is 19.6. The number of phenols is 1. The zero-order valence-electron chi connectivity index (χ0n) is 15.7.